The van der Waals surface area contributed by atoms with Crippen LogP contribution in [0.15, 0.2) is 46.4 Å². The van der Waals surface area contributed by atoms with Crippen LogP contribution in [0.1, 0.15) is 60.3 Å². The number of amides is 2. The van der Waals surface area contributed by atoms with Crippen molar-refractivity contribution in [1.82, 2.24) is 0 Å². The molecule has 0 bridgehead atoms. The van der Waals surface area contributed by atoms with E-state index in [1.165, 1.54) is 11.1 Å². The number of guanidine groups is 2. The van der Waals surface area contributed by atoms with Crippen molar-refractivity contribution in [3.8, 4) is 24.3 Å². The lowest BCUT2D eigenvalue weighted by Crippen LogP contribution is -2.24. The summed E-state index contributed by atoms with van der Waals surface area (Å²) >= 11 is 0. The summed E-state index contributed by atoms with van der Waals surface area (Å²) in [5.74, 6) is 0.576. The first-order valence-electron chi connectivity index (χ1n) is 12.9. The highest BCUT2D eigenvalue weighted by Gasteiger charge is 2.46. The highest BCUT2D eigenvalue weighted by Crippen LogP contribution is 2.51. The molecule has 2 aromatic rings. The molecule has 10 heteroatoms. The third-order valence-electron chi connectivity index (χ3n) is 6.96. The minimum atomic E-state index is -0.268. The van der Waals surface area contributed by atoms with E-state index in [9.17, 15) is 14.7 Å². The fraction of sp³-hybridized carbons (Fsp3) is 0.379. The van der Waals surface area contributed by atoms with Crippen molar-refractivity contribution in [2.45, 2.75) is 50.9 Å². The van der Waals surface area contributed by atoms with Gasteiger partial charge in [-0.05, 0) is 59.9 Å². The maximum atomic E-state index is 11.7. The normalized spacial score (nSPS) is 21.3. The molecule has 2 amide bonds. The van der Waals surface area contributed by atoms with E-state index in [0.29, 0.717) is 5.75 Å². The number of aliphatic imine (C=N–C) groups is 2. The van der Waals surface area contributed by atoms with Crippen LogP contribution in [-0.2, 0) is 22.4 Å². The first kappa shape index (κ1) is 29.0. The van der Waals surface area contributed by atoms with E-state index >= 15 is 0 Å². The molecular formula is C29H36N6O4. The van der Waals surface area contributed by atoms with Crippen LogP contribution >= 0.6 is 0 Å². The fourth-order valence-corrected chi connectivity index (χ4v) is 5.10. The molecule has 2 aliphatic carbocycles. The van der Waals surface area contributed by atoms with E-state index < -0.39 is 0 Å². The Morgan fingerprint density at radius 1 is 0.923 bits per heavy atom. The van der Waals surface area contributed by atoms with Gasteiger partial charge in [-0.1, -0.05) is 37.6 Å². The summed E-state index contributed by atoms with van der Waals surface area (Å²) in [5, 5.41) is 9.92. The van der Waals surface area contributed by atoms with Crippen molar-refractivity contribution >= 4 is 23.7 Å². The molecule has 10 nitrogen and oxygen atoms in total. The van der Waals surface area contributed by atoms with Gasteiger partial charge < -0.3 is 32.8 Å². The number of ether oxygens (including phenoxy) is 1. The summed E-state index contributed by atoms with van der Waals surface area (Å²) < 4.78 is 5.52. The number of phenolic OH excluding ortho intramolecular Hbond substituents is 1. The average Bonchev–Trinajstić information content (AvgIpc) is 3.81. The minimum Gasteiger partial charge on any atom is -0.508 e. The van der Waals surface area contributed by atoms with E-state index in [1.807, 2.05) is 24.3 Å². The molecule has 3 unspecified atom stereocenters. The van der Waals surface area contributed by atoms with Crippen LogP contribution < -0.4 is 27.7 Å². The lowest BCUT2D eigenvalue weighted by atomic mass is 9.97. The van der Waals surface area contributed by atoms with Crippen LogP contribution in [0.3, 0.4) is 0 Å². The van der Waals surface area contributed by atoms with Gasteiger partial charge in [-0.15, -0.1) is 12.8 Å². The largest absolute Gasteiger partial charge is 0.508 e. The summed E-state index contributed by atoms with van der Waals surface area (Å²) in [5.41, 5.74) is 25.3. The molecule has 1 aliphatic heterocycles. The Hall–Kier alpha value is -4.52. The number of carbonyl (C=O) groups excluding carboxylic acids is 2. The molecule has 0 saturated heterocycles. The van der Waals surface area contributed by atoms with Gasteiger partial charge in [0.05, 0.1) is 6.61 Å². The van der Waals surface area contributed by atoms with E-state index in [-0.39, 0.29) is 47.4 Å². The Kier molecular flexibility index (Phi) is 9.55. The second-order valence-electron chi connectivity index (χ2n) is 9.66. The zero-order valence-corrected chi connectivity index (χ0v) is 22.0. The number of fused-ring (bicyclic) bond motifs is 1. The van der Waals surface area contributed by atoms with Gasteiger partial charge >= 0.3 is 0 Å². The van der Waals surface area contributed by atoms with Crippen LogP contribution in [0.4, 0.5) is 0 Å². The number of aromatic hydroxyl groups is 1. The smallest absolute Gasteiger partial charge is 0.252 e. The van der Waals surface area contributed by atoms with Crippen LogP contribution in [0.25, 0.3) is 0 Å². The number of phenols is 1. The van der Waals surface area contributed by atoms with Crippen LogP contribution in [-0.4, -0.2) is 35.4 Å². The number of nitrogens with zero attached hydrogens (tertiary/aromatic N) is 2. The van der Waals surface area contributed by atoms with Gasteiger partial charge in [0.1, 0.15) is 11.5 Å². The van der Waals surface area contributed by atoms with Gasteiger partial charge in [0.15, 0.2) is 11.9 Å². The molecule has 2 saturated carbocycles. The number of hydrogen-bond donors (Lipinski definition) is 5. The van der Waals surface area contributed by atoms with Crippen molar-refractivity contribution in [3.05, 3.63) is 58.7 Å². The Morgan fingerprint density at radius 2 is 1.46 bits per heavy atom. The van der Waals surface area contributed by atoms with E-state index in [4.69, 9.17) is 27.7 Å². The lowest BCUT2D eigenvalue weighted by Gasteiger charge is -2.10. The molecule has 0 aromatic heterocycles. The second kappa shape index (κ2) is 12.8. The summed E-state index contributed by atoms with van der Waals surface area (Å²) in [6, 6.07) is 11.5. The third kappa shape index (κ3) is 7.08. The van der Waals surface area contributed by atoms with Crippen LogP contribution in [0.5, 0.6) is 11.5 Å². The average molecular weight is 533 g/mol. The quantitative estimate of drug-likeness (QED) is 0.212. The highest BCUT2D eigenvalue weighted by atomic mass is 16.5. The zero-order valence-electron chi connectivity index (χ0n) is 22.0. The molecule has 1 heterocycles. The predicted octanol–water partition coefficient (Wildman–Crippen LogP) is 2.02. The Bertz CT molecular complexity index is 1290. The molecule has 5 rings (SSSR count). The van der Waals surface area contributed by atoms with Gasteiger partial charge in [0, 0.05) is 23.8 Å². The van der Waals surface area contributed by atoms with E-state index in [1.54, 1.807) is 6.07 Å². The Morgan fingerprint density at radius 3 is 2.03 bits per heavy atom. The number of hydrogen-bond acceptors (Lipinski definition) is 4. The molecular weight excluding hydrogens is 496 g/mol. The standard InChI is InChI=1S/C14H19N3O2.C13H15N3O2.C2H2/c1-2-4-9-8(5-3-6-12(9)18)10-7-11(10)13(19)17-14(15)16;14-13(15)16-12(17)10-6-9(10)7-2-1-3-11-8(7)4-5-18-11;1-2/h3,5-6,10-11,18H,2,4,7H2,1H3,(H4,15,16,17,19);1-3,9-10H,4-6H2,(H4,14,15,16,17);1-2H/t10?,11-;;/m0../s1. The highest BCUT2D eigenvalue weighted by molar-refractivity contribution is 5.95. The first-order chi connectivity index (χ1) is 18.7. The van der Waals surface area contributed by atoms with Gasteiger partial charge in [0.2, 0.25) is 0 Å². The SMILES string of the molecule is C#C.CCCc1c(O)cccc1C1C[C@@H]1C(=O)N=C(N)N.NC(N)=NC(=O)C1CC1c1cccc2c1CCO2. The Labute approximate surface area is 228 Å². The molecule has 206 valence electrons. The Balaban J connectivity index is 0.000000203. The van der Waals surface area contributed by atoms with Gasteiger partial charge in [-0.25, -0.2) is 0 Å². The second-order valence-corrected chi connectivity index (χ2v) is 9.66. The van der Waals surface area contributed by atoms with Crippen molar-refractivity contribution in [2.75, 3.05) is 6.61 Å². The summed E-state index contributed by atoms with van der Waals surface area (Å²) in [4.78, 5) is 30.7. The third-order valence-corrected chi connectivity index (χ3v) is 6.96. The maximum absolute atomic E-state index is 11.7. The van der Waals surface area contributed by atoms with Gasteiger partial charge in [-0.2, -0.15) is 9.98 Å². The topological polar surface area (TPSA) is 192 Å². The summed E-state index contributed by atoms with van der Waals surface area (Å²) in [6.07, 6.45) is 12.2. The van der Waals surface area contributed by atoms with Crippen molar-refractivity contribution < 1.29 is 19.4 Å². The molecule has 3 aliphatic rings. The molecule has 0 spiro atoms. The van der Waals surface area contributed by atoms with E-state index in [0.717, 1.165) is 55.6 Å². The van der Waals surface area contributed by atoms with Crippen LogP contribution in [0, 0.1) is 24.7 Å². The minimum absolute atomic E-state index is 0.0702. The number of nitrogens with two attached hydrogens (primary N) is 4. The predicted molar refractivity (Wildman–Crippen MR) is 151 cm³/mol. The molecule has 2 fully saturated rings. The number of terminal acetylenes is 1. The van der Waals surface area contributed by atoms with Crippen LogP contribution in [0.2, 0.25) is 0 Å². The van der Waals surface area contributed by atoms with Gasteiger partial charge in [0.25, 0.3) is 11.8 Å². The number of rotatable bonds is 6. The lowest BCUT2D eigenvalue weighted by molar-refractivity contribution is -0.119. The molecule has 9 N–H and O–H groups in total. The zero-order chi connectivity index (χ0) is 28.7. The summed E-state index contributed by atoms with van der Waals surface area (Å²) in [7, 11) is 0. The van der Waals surface area contributed by atoms with Crippen molar-refractivity contribution in [3.63, 3.8) is 0 Å². The van der Waals surface area contributed by atoms with Crippen molar-refractivity contribution in [2.24, 2.45) is 44.8 Å². The molecule has 2 aromatic carbocycles. The summed E-state index contributed by atoms with van der Waals surface area (Å²) in [6.45, 7) is 2.79. The molecule has 39 heavy (non-hydrogen) atoms. The number of carbonyl (C=O) groups is 2. The van der Waals surface area contributed by atoms with Gasteiger partial charge in [-0.3, -0.25) is 9.59 Å². The van der Waals surface area contributed by atoms with E-state index in [2.05, 4.69) is 35.8 Å². The van der Waals surface area contributed by atoms with Crippen molar-refractivity contribution in [1.29, 1.82) is 0 Å². The molecule has 0 radical (unpaired) electrons. The first-order valence-corrected chi connectivity index (χ1v) is 12.9. The fourth-order valence-electron chi connectivity index (χ4n) is 5.10. The maximum Gasteiger partial charge on any atom is 0.252 e. The molecule has 4 atom stereocenters. The number of benzene rings is 2. The monoisotopic (exact) mass is 532 g/mol.